The standard InChI is InChI=1S/C13H27N3O2/c1-5-16(12(17)18-13(2,3)4)11-6-8-15(10-11)9-7-14/h11H,5-10,14H2,1-4H3/t11-/m0/s1. The Morgan fingerprint density at radius 1 is 1.50 bits per heavy atom. The summed E-state index contributed by atoms with van der Waals surface area (Å²) >= 11 is 0. The average Bonchev–Trinajstić information content (AvgIpc) is 2.65. The van der Waals surface area contributed by atoms with Gasteiger partial charge in [-0.2, -0.15) is 0 Å². The molecule has 0 aliphatic carbocycles. The van der Waals surface area contributed by atoms with Gasteiger partial charge in [0.2, 0.25) is 0 Å². The maximum atomic E-state index is 12.1. The highest BCUT2D eigenvalue weighted by molar-refractivity contribution is 5.68. The summed E-state index contributed by atoms with van der Waals surface area (Å²) in [5, 5.41) is 0. The number of nitrogens with two attached hydrogens (primary N) is 1. The van der Waals surface area contributed by atoms with Crippen molar-refractivity contribution in [3.8, 4) is 0 Å². The molecule has 0 saturated carbocycles. The highest BCUT2D eigenvalue weighted by atomic mass is 16.6. The second-order valence-corrected chi connectivity index (χ2v) is 5.80. The molecule has 0 radical (unpaired) electrons. The quantitative estimate of drug-likeness (QED) is 0.824. The smallest absolute Gasteiger partial charge is 0.410 e. The van der Waals surface area contributed by atoms with Gasteiger partial charge in [0.1, 0.15) is 5.60 Å². The summed E-state index contributed by atoms with van der Waals surface area (Å²) in [6.45, 7) is 11.9. The lowest BCUT2D eigenvalue weighted by molar-refractivity contribution is 0.0181. The van der Waals surface area contributed by atoms with E-state index in [4.69, 9.17) is 10.5 Å². The van der Waals surface area contributed by atoms with Crippen molar-refractivity contribution < 1.29 is 9.53 Å². The number of carbonyl (C=O) groups is 1. The van der Waals surface area contributed by atoms with Crippen LogP contribution in [0.2, 0.25) is 0 Å². The fourth-order valence-corrected chi connectivity index (χ4v) is 2.31. The molecule has 1 saturated heterocycles. The summed E-state index contributed by atoms with van der Waals surface area (Å²) in [5.74, 6) is 0. The van der Waals surface area contributed by atoms with Gasteiger partial charge < -0.3 is 15.4 Å². The maximum Gasteiger partial charge on any atom is 0.410 e. The Kier molecular flexibility index (Phi) is 5.41. The maximum absolute atomic E-state index is 12.1. The fourth-order valence-electron chi connectivity index (χ4n) is 2.31. The topological polar surface area (TPSA) is 58.8 Å². The van der Waals surface area contributed by atoms with Crippen LogP contribution < -0.4 is 5.73 Å². The van der Waals surface area contributed by atoms with E-state index in [1.54, 1.807) is 0 Å². The summed E-state index contributed by atoms with van der Waals surface area (Å²) in [6.07, 6.45) is 0.803. The van der Waals surface area contributed by atoms with E-state index in [0.29, 0.717) is 13.1 Å². The second-order valence-electron chi connectivity index (χ2n) is 5.80. The van der Waals surface area contributed by atoms with E-state index in [1.165, 1.54) is 0 Å². The molecule has 1 atom stereocenters. The van der Waals surface area contributed by atoms with Crippen LogP contribution in [0.15, 0.2) is 0 Å². The first-order valence-electron chi connectivity index (χ1n) is 6.79. The molecule has 5 heteroatoms. The zero-order valence-corrected chi connectivity index (χ0v) is 12.1. The number of rotatable bonds is 4. The van der Waals surface area contributed by atoms with Crippen LogP contribution in [0, 0.1) is 0 Å². The van der Waals surface area contributed by atoms with Gasteiger partial charge in [-0.25, -0.2) is 4.79 Å². The summed E-state index contributed by atoms with van der Waals surface area (Å²) < 4.78 is 5.44. The monoisotopic (exact) mass is 257 g/mol. The first-order chi connectivity index (χ1) is 8.37. The van der Waals surface area contributed by atoms with Crippen LogP contribution in [0.4, 0.5) is 4.79 Å². The molecular weight excluding hydrogens is 230 g/mol. The van der Waals surface area contributed by atoms with E-state index in [-0.39, 0.29) is 12.1 Å². The molecule has 18 heavy (non-hydrogen) atoms. The zero-order chi connectivity index (χ0) is 13.8. The molecule has 106 valence electrons. The third kappa shape index (κ3) is 4.46. The number of hydrogen-bond acceptors (Lipinski definition) is 4. The van der Waals surface area contributed by atoms with Crippen molar-refractivity contribution in [2.45, 2.75) is 45.8 Å². The largest absolute Gasteiger partial charge is 0.444 e. The van der Waals surface area contributed by atoms with Crippen molar-refractivity contribution in [3.63, 3.8) is 0 Å². The number of nitrogens with zero attached hydrogens (tertiary/aromatic N) is 2. The molecule has 0 unspecified atom stereocenters. The van der Waals surface area contributed by atoms with Crippen LogP contribution in [0.3, 0.4) is 0 Å². The summed E-state index contributed by atoms with van der Waals surface area (Å²) in [6, 6.07) is 0.261. The van der Waals surface area contributed by atoms with Crippen LogP contribution >= 0.6 is 0 Å². The third-order valence-electron chi connectivity index (χ3n) is 3.10. The van der Waals surface area contributed by atoms with Gasteiger partial charge in [-0.3, -0.25) is 4.90 Å². The minimum Gasteiger partial charge on any atom is -0.444 e. The Hall–Kier alpha value is -0.810. The van der Waals surface area contributed by atoms with Crippen LogP contribution in [0.1, 0.15) is 34.1 Å². The lowest BCUT2D eigenvalue weighted by Gasteiger charge is -2.30. The van der Waals surface area contributed by atoms with Gasteiger partial charge in [0.25, 0.3) is 0 Å². The van der Waals surface area contributed by atoms with Crippen molar-refractivity contribution in [2.75, 3.05) is 32.7 Å². The molecule has 0 aromatic carbocycles. The van der Waals surface area contributed by atoms with Crippen molar-refractivity contribution in [3.05, 3.63) is 0 Å². The molecule has 1 amide bonds. The second kappa shape index (κ2) is 6.38. The highest BCUT2D eigenvalue weighted by Crippen LogP contribution is 2.18. The van der Waals surface area contributed by atoms with Gasteiger partial charge in [0.15, 0.2) is 0 Å². The Labute approximate surface area is 110 Å². The summed E-state index contributed by atoms with van der Waals surface area (Å²) in [5.41, 5.74) is 5.13. The van der Waals surface area contributed by atoms with Crippen molar-refractivity contribution in [2.24, 2.45) is 5.73 Å². The number of amides is 1. The molecule has 1 fully saturated rings. The van der Waals surface area contributed by atoms with Gasteiger partial charge in [-0.1, -0.05) is 0 Å². The molecular formula is C13H27N3O2. The fraction of sp³-hybridized carbons (Fsp3) is 0.923. The Balaban J connectivity index is 2.54. The first kappa shape index (κ1) is 15.2. The van der Waals surface area contributed by atoms with Gasteiger partial charge in [-0.05, 0) is 34.1 Å². The SMILES string of the molecule is CCN(C(=O)OC(C)(C)C)[C@H]1CCN(CCN)C1. The van der Waals surface area contributed by atoms with E-state index < -0.39 is 5.60 Å². The number of likely N-dealkylation sites (tertiary alicyclic amines) is 1. The van der Waals surface area contributed by atoms with Crippen molar-refractivity contribution in [1.29, 1.82) is 0 Å². The van der Waals surface area contributed by atoms with Crippen LogP contribution in [0.25, 0.3) is 0 Å². The molecule has 5 nitrogen and oxygen atoms in total. The Morgan fingerprint density at radius 3 is 2.67 bits per heavy atom. The van der Waals surface area contributed by atoms with Crippen molar-refractivity contribution >= 4 is 6.09 Å². The summed E-state index contributed by atoms with van der Waals surface area (Å²) in [7, 11) is 0. The van der Waals surface area contributed by atoms with E-state index in [2.05, 4.69) is 4.90 Å². The normalized spacial score (nSPS) is 21.1. The number of carbonyl (C=O) groups excluding carboxylic acids is 1. The Bertz CT molecular complexity index is 276. The van der Waals surface area contributed by atoms with Gasteiger partial charge in [0, 0.05) is 38.8 Å². The van der Waals surface area contributed by atoms with Crippen molar-refractivity contribution in [1.82, 2.24) is 9.80 Å². The number of likely N-dealkylation sites (N-methyl/N-ethyl adjacent to an activating group) is 1. The molecule has 1 aliphatic heterocycles. The van der Waals surface area contributed by atoms with E-state index in [0.717, 1.165) is 26.1 Å². The molecule has 2 N–H and O–H groups in total. The average molecular weight is 257 g/mol. The van der Waals surface area contributed by atoms with E-state index >= 15 is 0 Å². The molecule has 0 aromatic heterocycles. The third-order valence-corrected chi connectivity index (χ3v) is 3.10. The van der Waals surface area contributed by atoms with E-state index in [9.17, 15) is 4.79 Å². The minimum absolute atomic E-state index is 0.204. The lowest BCUT2D eigenvalue weighted by Crippen LogP contribution is -2.44. The van der Waals surface area contributed by atoms with Crippen LogP contribution in [-0.4, -0.2) is 60.3 Å². The zero-order valence-electron chi connectivity index (χ0n) is 12.1. The Morgan fingerprint density at radius 2 is 2.17 bits per heavy atom. The first-order valence-corrected chi connectivity index (χ1v) is 6.79. The number of hydrogen-bond donors (Lipinski definition) is 1. The minimum atomic E-state index is -0.431. The van der Waals surface area contributed by atoms with E-state index in [1.807, 2.05) is 32.6 Å². The molecule has 0 spiro atoms. The summed E-state index contributed by atoms with van der Waals surface area (Å²) in [4.78, 5) is 16.2. The molecule has 0 aromatic rings. The van der Waals surface area contributed by atoms with Gasteiger partial charge in [-0.15, -0.1) is 0 Å². The highest BCUT2D eigenvalue weighted by Gasteiger charge is 2.31. The van der Waals surface area contributed by atoms with Gasteiger partial charge >= 0.3 is 6.09 Å². The molecule has 1 rings (SSSR count). The lowest BCUT2D eigenvalue weighted by atomic mass is 10.2. The predicted molar refractivity (Wildman–Crippen MR) is 72.5 cm³/mol. The molecule has 1 aliphatic rings. The predicted octanol–water partition coefficient (Wildman–Crippen LogP) is 1.28. The van der Waals surface area contributed by atoms with Crippen LogP contribution in [-0.2, 0) is 4.74 Å². The molecule has 0 bridgehead atoms. The van der Waals surface area contributed by atoms with Gasteiger partial charge in [0.05, 0.1) is 0 Å². The van der Waals surface area contributed by atoms with Crippen LogP contribution in [0.5, 0.6) is 0 Å². The number of ether oxygens (including phenoxy) is 1. The molecule has 1 heterocycles.